The molecule has 0 spiro atoms. The van der Waals surface area contributed by atoms with Crippen LogP contribution in [0.4, 0.5) is 11.4 Å². The molecule has 0 aliphatic heterocycles. The van der Waals surface area contributed by atoms with Gasteiger partial charge in [0.05, 0.1) is 27.7 Å². The summed E-state index contributed by atoms with van der Waals surface area (Å²) < 4.78 is 26.4. The predicted octanol–water partition coefficient (Wildman–Crippen LogP) is 2.91. The Kier molecular flexibility index (Phi) is 4.67. The normalized spacial score (nSPS) is 11.6. The van der Waals surface area contributed by atoms with Crippen molar-refractivity contribution in [2.45, 2.75) is 31.6 Å². The number of hydrogen-bond donors (Lipinski definition) is 1. The summed E-state index contributed by atoms with van der Waals surface area (Å²) in [6.07, 6.45) is 3.25. The fraction of sp³-hybridized carbons (Fsp3) is 0.400. The van der Waals surface area contributed by atoms with Gasteiger partial charge in [-0.2, -0.15) is 5.10 Å². The highest BCUT2D eigenvalue weighted by atomic mass is 32.2. The molecule has 2 rings (SSSR count). The van der Waals surface area contributed by atoms with Crippen molar-refractivity contribution in [3.05, 3.63) is 36.2 Å². The Hall–Kier alpha value is -1.82. The molecular weight excluding hydrogens is 286 g/mol. The Labute approximate surface area is 125 Å². The van der Waals surface area contributed by atoms with Gasteiger partial charge in [0.25, 0.3) is 0 Å². The summed E-state index contributed by atoms with van der Waals surface area (Å²) in [5.74, 6) is 0.152. The predicted molar refractivity (Wildman–Crippen MR) is 84.7 cm³/mol. The minimum absolute atomic E-state index is 0.152. The molecule has 0 radical (unpaired) electrons. The van der Waals surface area contributed by atoms with Gasteiger partial charge in [-0.1, -0.05) is 26.0 Å². The topological polar surface area (TPSA) is 64.0 Å². The van der Waals surface area contributed by atoms with E-state index in [4.69, 9.17) is 0 Å². The summed E-state index contributed by atoms with van der Waals surface area (Å²) in [7, 11) is -1.41. The summed E-state index contributed by atoms with van der Waals surface area (Å²) in [4.78, 5) is 0.345. The third kappa shape index (κ3) is 3.44. The van der Waals surface area contributed by atoms with Crippen LogP contribution in [0, 0.1) is 0 Å². The smallest absolute Gasteiger partial charge is 0.180 e. The van der Waals surface area contributed by atoms with Gasteiger partial charge < -0.3 is 5.32 Å². The van der Waals surface area contributed by atoms with Crippen LogP contribution >= 0.6 is 0 Å². The van der Waals surface area contributed by atoms with Crippen LogP contribution in [-0.4, -0.2) is 24.0 Å². The third-order valence-electron chi connectivity index (χ3n) is 3.20. The molecule has 1 heterocycles. The molecule has 114 valence electrons. The number of anilines is 2. The minimum Gasteiger partial charge on any atom is -0.352 e. The minimum atomic E-state index is -3.26. The highest BCUT2D eigenvalue weighted by Gasteiger charge is 2.18. The lowest BCUT2D eigenvalue weighted by Crippen LogP contribution is -2.08. The molecule has 0 amide bonds. The van der Waals surface area contributed by atoms with E-state index in [0.717, 1.165) is 17.8 Å². The van der Waals surface area contributed by atoms with Gasteiger partial charge in [-0.15, -0.1) is 0 Å². The molecular formula is C15H21N3O2S. The monoisotopic (exact) mass is 307 g/mol. The molecule has 0 aliphatic carbocycles. The fourth-order valence-electron chi connectivity index (χ4n) is 2.26. The quantitative estimate of drug-likeness (QED) is 0.891. The van der Waals surface area contributed by atoms with Crippen LogP contribution < -0.4 is 5.32 Å². The van der Waals surface area contributed by atoms with E-state index in [9.17, 15) is 8.42 Å². The van der Waals surface area contributed by atoms with E-state index >= 15 is 0 Å². The van der Waals surface area contributed by atoms with Crippen molar-refractivity contribution in [3.8, 4) is 0 Å². The van der Waals surface area contributed by atoms with Gasteiger partial charge in [0, 0.05) is 13.2 Å². The first-order valence-corrected chi connectivity index (χ1v) is 8.74. The lowest BCUT2D eigenvalue weighted by atomic mass is 10.2. The van der Waals surface area contributed by atoms with E-state index in [1.54, 1.807) is 22.9 Å². The molecule has 0 saturated carbocycles. The number of rotatable bonds is 6. The van der Waals surface area contributed by atoms with E-state index in [2.05, 4.69) is 10.4 Å². The summed E-state index contributed by atoms with van der Waals surface area (Å²) in [5, 5.41) is 7.57. The van der Waals surface area contributed by atoms with Crippen molar-refractivity contribution in [2.75, 3.05) is 11.1 Å². The first-order chi connectivity index (χ1) is 9.97. The zero-order valence-electron chi connectivity index (χ0n) is 12.6. The van der Waals surface area contributed by atoms with Crippen LogP contribution in [0.25, 0.3) is 0 Å². The Morgan fingerprint density at radius 2 is 1.90 bits per heavy atom. The lowest BCUT2D eigenvalue weighted by Gasteiger charge is -2.11. The Balaban J connectivity index is 2.41. The first-order valence-electron chi connectivity index (χ1n) is 7.09. The van der Waals surface area contributed by atoms with Gasteiger partial charge in [-0.25, -0.2) is 8.42 Å². The van der Waals surface area contributed by atoms with Gasteiger partial charge in [-0.05, 0) is 25.0 Å². The highest BCUT2D eigenvalue weighted by Crippen LogP contribution is 2.27. The van der Waals surface area contributed by atoms with E-state index in [1.807, 2.05) is 33.2 Å². The van der Waals surface area contributed by atoms with Gasteiger partial charge in [-0.3, -0.25) is 4.68 Å². The molecule has 21 heavy (non-hydrogen) atoms. The number of para-hydroxylation sites is 1. The second-order valence-electron chi connectivity index (χ2n) is 4.96. The van der Waals surface area contributed by atoms with E-state index < -0.39 is 9.84 Å². The Morgan fingerprint density at radius 1 is 1.19 bits per heavy atom. The third-order valence-corrected chi connectivity index (χ3v) is 5.18. The Morgan fingerprint density at radius 3 is 2.57 bits per heavy atom. The number of benzene rings is 1. The maximum absolute atomic E-state index is 12.3. The van der Waals surface area contributed by atoms with Crippen LogP contribution in [-0.2, 0) is 23.3 Å². The molecule has 1 N–H and O–H groups in total. The molecule has 0 bridgehead atoms. The summed E-state index contributed by atoms with van der Waals surface area (Å²) in [6, 6.07) is 7.01. The van der Waals surface area contributed by atoms with E-state index in [0.29, 0.717) is 17.0 Å². The highest BCUT2D eigenvalue weighted by molar-refractivity contribution is 7.91. The molecule has 0 atom stereocenters. The molecule has 0 aliphatic rings. The average molecular weight is 307 g/mol. The standard InChI is InChI=1S/C15H21N3O2S/c1-4-10-21(19,20)15-9-7-6-8-13(15)16-14-11-18(3)17-12(14)5-2/h6-9,11,16H,4-5,10H2,1-3H3. The Bertz CT molecular complexity index is 720. The summed E-state index contributed by atoms with van der Waals surface area (Å²) >= 11 is 0. The molecule has 0 unspecified atom stereocenters. The van der Waals surface area contributed by atoms with Crippen molar-refractivity contribution in [1.82, 2.24) is 9.78 Å². The number of sulfone groups is 1. The maximum Gasteiger partial charge on any atom is 0.180 e. The van der Waals surface area contributed by atoms with Crippen LogP contribution in [0.3, 0.4) is 0 Å². The summed E-state index contributed by atoms with van der Waals surface area (Å²) in [5.41, 5.74) is 2.37. The number of aromatic nitrogens is 2. The van der Waals surface area contributed by atoms with Crippen molar-refractivity contribution in [1.29, 1.82) is 0 Å². The van der Waals surface area contributed by atoms with Crippen LogP contribution in [0.5, 0.6) is 0 Å². The van der Waals surface area contributed by atoms with E-state index in [1.165, 1.54) is 0 Å². The van der Waals surface area contributed by atoms with Gasteiger partial charge in [0.1, 0.15) is 0 Å². The molecule has 1 aromatic carbocycles. The van der Waals surface area contributed by atoms with Gasteiger partial charge >= 0.3 is 0 Å². The van der Waals surface area contributed by atoms with Crippen molar-refractivity contribution in [2.24, 2.45) is 7.05 Å². The fourth-order valence-corrected chi connectivity index (χ4v) is 3.76. The molecule has 6 heteroatoms. The largest absolute Gasteiger partial charge is 0.352 e. The van der Waals surface area contributed by atoms with Crippen LogP contribution in [0.1, 0.15) is 26.0 Å². The first kappa shape index (κ1) is 15.6. The van der Waals surface area contributed by atoms with Crippen molar-refractivity contribution >= 4 is 21.2 Å². The maximum atomic E-state index is 12.3. The van der Waals surface area contributed by atoms with Crippen LogP contribution in [0.15, 0.2) is 35.4 Å². The molecule has 0 fully saturated rings. The zero-order chi connectivity index (χ0) is 15.5. The number of hydrogen-bond acceptors (Lipinski definition) is 4. The summed E-state index contributed by atoms with van der Waals surface area (Å²) in [6.45, 7) is 3.89. The molecule has 0 saturated heterocycles. The zero-order valence-corrected chi connectivity index (χ0v) is 13.4. The number of aryl methyl sites for hydroxylation is 2. The van der Waals surface area contributed by atoms with Gasteiger partial charge in [0.15, 0.2) is 9.84 Å². The SMILES string of the molecule is CCCS(=O)(=O)c1ccccc1Nc1cn(C)nc1CC. The second kappa shape index (κ2) is 6.30. The average Bonchev–Trinajstić information content (AvgIpc) is 2.79. The number of nitrogens with zero attached hydrogens (tertiary/aromatic N) is 2. The second-order valence-corrected chi connectivity index (χ2v) is 7.03. The molecule has 5 nitrogen and oxygen atoms in total. The van der Waals surface area contributed by atoms with Crippen molar-refractivity contribution in [3.63, 3.8) is 0 Å². The lowest BCUT2D eigenvalue weighted by molar-refractivity contribution is 0.595. The van der Waals surface area contributed by atoms with Crippen LogP contribution in [0.2, 0.25) is 0 Å². The van der Waals surface area contributed by atoms with E-state index in [-0.39, 0.29) is 5.75 Å². The van der Waals surface area contributed by atoms with Crippen molar-refractivity contribution < 1.29 is 8.42 Å². The van der Waals surface area contributed by atoms with Gasteiger partial charge in [0.2, 0.25) is 0 Å². The molecule has 1 aromatic heterocycles. The molecule has 2 aromatic rings. The number of nitrogens with one attached hydrogen (secondary N) is 1.